The summed E-state index contributed by atoms with van der Waals surface area (Å²) in [6.07, 6.45) is 4.69. The molecule has 2 N–H and O–H groups in total. The molecule has 7 heteroatoms. The van der Waals surface area contributed by atoms with Crippen LogP contribution in [0.15, 0.2) is 60.3 Å². The predicted molar refractivity (Wildman–Crippen MR) is 133 cm³/mol. The number of benzene rings is 2. The van der Waals surface area contributed by atoms with Gasteiger partial charge in [-0.05, 0) is 60.7 Å². The van der Waals surface area contributed by atoms with E-state index in [4.69, 9.17) is 15.5 Å². The lowest BCUT2D eigenvalue weighted by atomic mass is 9.89. The molecule has 178 valence electrons. The molecular weight excluding hydrogens is 455 g/mol. The van der Waals surface area contributed by atoms with Gasteiger partial charge in [-0.2, -0.15) is 5.26 Å². The Kier molecular flexibility index (Phi) is 5.11. The highest BCUT2D eigenvalue weighted by Gasteiger charge is 2.31. The molecule has 1 aliphatic heterocycles. The second kappa shape index (κ2) is 8.35. The van der Waals surface area contributed by atoms with Crippen LogP contribution in [0.3, 0.4) is 0 Å². The molecule has 1 aliphatic carbocycles. The number of imidazole rings is 1. The van der Waals surface area contributed by atoms with Crippen molar-refractivity contribution in [2.24, 2.45) is 5.73 Å². The van der Waals surface area contributed by atoms with Crippen molar-refractivity contribution in [3.8, 4) is 11.8 Å². The fraction of sp³-hybridized carbons (Fsp3) is 0.207. The van der Waals surface area contributed by atoms with Crippen LogP contribution in [0.5, 0.6) is 5.75 Å². The van der Waals surface area contributed by atoms with Crippen molar-refractivity contribution in [2.75, 3.05) is 0 Å². The summed E-state index contributed by atoms with van der Waals surface area (Å²) in [4.78, 5) is 16.8. The van der Waals surface area contributed by atoms with E-state index in [0.29, 0.717) is 40.4 Å². The third-order valence-corrected chi connectivity index (χ3v) is 6.96. The topological polar surface area (TPSA) is 93.4 Å². The minimum atomic E-state index is -0.496. The maximum Gasteiger partial charge on any atom is 0.252 e. The number of hydrogen-bond donors (Lipinski definition) is 1. The Morgan fingerprint density at radius 2 is 2.03 bits per heavy atom. The molecule has 1 fully saturated rings. The third kappa shape index (κ3) is 3.62. The van der Waals surface area contributed by atoms with E-state index in [1.807, 2.05) is 28.8 Å². The SMILES string of the molecule is CC(C#N)=C1c2ccc(Cc3c(C4CC4)nc4c(C(N)=O)cccn34)cc2COc2cc(F)ccc21. The Bertz CT molecular complexity index is 1640. The van der Waals surface area contributed by atoms with E-state index in [1.54, 1.807) is 19.1 Å². The third-order valence-electron chi connectivity index (χ3n) is 6.96. The quantitative estimate of drug-likeness (QED) is 0.404. The molecule has 2 aliphatic rings. The number of amides is 1. The molecule has 0 bridgehead atoms. The van der Waals surface area contributed by atoms with Gasteiger partial charge in [0.15, 0.2) is 0 Å². The number of pyridine rings is 1. The van der Waals surface area contributed by atoms with Crippen molar-refractivity contribution in [2.45, 2.75) is 38.7 Å². The van der Waals surface area contributed by atoms with Crippen LogP contribution in [-0.4, -0.2) is 15.3 Å². The van der Waals surface area contributed by atoms with Crippen molar-refractivity contribution in [3.05, 3.63) is 105 Å². The van der Waals surface area contributed by atoms with E-state index >= 15 is 0 Å². The van der Waals surface area contributed by atoms with E-state index in [-0.39, 0.29) is 12.4 Å². The van der Waals surface area contributed by atoms with Crippen LogP contribution in [0, 0.1) is 17.1 Å². The molecule has 0 atom stereocenters. The van der Waals surface area contributed by atoms with Crippen LogP contribution in [-0.2, 0) is 13.0 Å². The number of rotatable bonds is 4. The van der Waals surface area contributed by atoms with Gasteiger partial charge in [-0.3, -0.25) is 4.79 Å². The van der Waals surface area contributed by atoms with Crippen LogP contribution < -0.4 is 10.5 Å². The van der Waals surface area contributed by atoms with Crippen LogP contribution in [0.4, 0.5) is 4.39 Å². The first kappa shape index (κ1) is 22.1. The fourth-order valence-electron chi connectivity index (χ4n) is 5.08. The van der Waals surface area contributed by atoms with Crippen LogP contribution in [0.25, 0.3) is 11.2 Å². The minimum Gasteiger partial charge on any atom is -0.488 e. The number of nitriles is 1. The number of fused-ring (bicyclic) bond motifs is 3. The second-order valence-corrected chi connectivity index (χ2v) is 9.41. The molecule has 0 radical (unpaired) electrons. The van der Waals surface area contributed by atoms with Gasteiger partial charge in [-0.1, -0.05) is 18.2 Å². The number of allylic oxidation sites excluding steroid dienone is 1. The number of ether oxygens (including phenoxy) is 1. The maximum absolute atomic E-state index is 14.0. The number of hydrogen-bond acceptors (Lipinski definition) is 4. The molecule has 0 unspecified atom stereocenters. The van der Waals surface area contributed by atoms with Gasteiger partial charge >= 0.3 is 0 Å². The van der Waals surface area contributed by atoms with Crippen LogP contribution in [0.1, 0.15) is 69.7 Å². The monoisotopic (exact) mass is 478 g/mol. The van der Waals surface area contributed by atoms with Gasteiger partial charge < -0.3 is 14.9 Å². The van der Waals surface area contributed by atoms with Crippen molar-refractivity contribution in [1.29, 1.82) is 5.26 Å². The van der Waals surface area contributed by atoms with E-state index < -0.39 is 5.91 Å². The van der Waals surface area contributed by atoms with Gasteiger partial charge in [0.05, 0.1) is 23.0 Å². The first-order chi connectivity index (χ1) is 17.4. The Balaban J connectivity index is 1.46. The van der Waals surface area contributed by atoms with E-state index in [9.17, 15) is 14.4 Å². The standard InChI is InChI=1S/C29H23FN4O2/c1-16(14-31)26-21-8-4-17(11-19(21)15-36-25-13-20(30)7-9-22(25)26)12-24-27(18-5-6-18)33-29-23(28(32)35)3-2-10-34(24)29/h2-4,7-11,13,18H,5-6,12,15H2,1H3,(H2,32,35). The number of halogens is 1. The summed E-state index contributed by atoms with van der Waals surface area (Å²) in [7, 11) is 0. The highest BCUT2D eigenvalue weighted by Crippen LogP contribution is 2.43. The number of carbonyl (C=O) groups excluding carboxylic acids is 1. The van der Waals surface area contributed by atoms with Crippen molar-refractivity contribution in [1.82, 2.24) is 9.38 Å². The number of primary amides is 1. The summed E-state index contributed by atoms with van der Waals surface area (Å²) in [6.45, 7) is 2.03. The van der Waals surface area contributed by atoms with E-state index in [0.717, 1.165) is 46.5 Å². The number of nitrogens with two attached hydrogens (primary N) is 1. The van der Waals surface area contributed by atoms with Crippen molar-refractivity contribution in [3.63, 3.8) is 0 Å². The van der Waals surface area contributed by atoms with Crippen molar-refractivity contribution >= 4 is 17.1 Å². The lowest BCUT2D eigenvalue weighted by molar-refractivity contribution is 0.100. The van der Waals surface area contributed by atoms with E-state index in [2.05, 4.69) is 12.1 Å². The zero-order valence-electron chi connectivity index (χ0n) is 19.7. The molecule has 6 rings (SSSR count). The number of carbonyl (C=O) groups is 1. The molecule has 3 heterocycles. The summed E-state index contributed by atoms with van der Waals surface area (Å²) in [6, 6.07) is 16.3. The van der Waals surface area contributed by atoms with Crippen LogP contribution >= 0.6 is 0 Å². The Labute approximate surface area is 207 Å². The Hall–Kier alpha value is -4.44. The number of aromatic nitrogens is 2. The molecule has 0 saturated heterocycles. The fourth-order valence-corrected chi connectivity index (χ4v) is 5.08. The first-order valence-electron chi connectivity index (χ1n) is 11.9. The maximum atomic E-state index is 14.0. The molecule has 2 aromatic heterocycles. The average Bonchev–Trinajstić information content (AvgIpc) is 3.67. The molecule has 6 nitrogen and oxygen atoms in total. The van der Waals surface area contributed by atoms with Gasteiger partial charge in [0, 0.05) is 41.3 Å². The van der Waals surface area contributed by atoms with Gasteiger partial charge in [-0.15, -0.1) is 0 Å². The zero-order chi connectivity index (χ0) is 25.0. The van der Waals surface area contributed by atoms with E-state index in [1.165, 1.54) is 12.1 Å². The highest BCUT2D eigenvalue weighted by molar-refractivity contribution is 5.98. The minimum absolute atomic E-state index is 0.260. The Morgan fingerprint density at radius 3 is 2.78 bits per heavy atom. The van der Waals surface area contributed by atoms with Gasteiger partial charge in [0.1, 0.15) is 23.8 Å². The summed E-state index contributed by atoms with van der Waals surface area (Å²) in [5.74, 6) is -0.0640. The average molecular weight is 479 g/mol. The molecule has 0 spiro atoms. The number of nitrogens with zero attached hydrogens (tertiary/aromatic N) is 3. The normalized spacial score (nSPS) is 15.9. The smallest absolute Gasteiger partial charge is 0.252 e. The van der Waals surface area contributed by atoms with Crippen LogP contribution in [0.2, 0.25) is 0 Å². The summed E-state index contributed by atoms with van der Waals surface area (Å²) < 4.78 is 21.9. The molecule has 1 amide bonds. The molecule has 36 heavy (non-hydrogen) atoms. The van der Waals surface area contributed by atoms with Crippen molar-refractivity contribution < 1.29 is 13.9 Å². The molecule has 4 aromatic rings. The highest BCUT2D eigenvalue weighted by atomic mass is 19.1. The summed E-state index contributed by atoms with van der Waals surface area (Å²) >= 11 is 0. The Morgan fingerprint density at radius 1 is 1.22 bits per heavy atom. The summed E-state index contributed by atoms with van der Waals surface area (Å²) in [5, 5.41) is 9.70. The predicted octanol–water partition coefficient (Wildman–Crippen LogP) is 5.28. The lowest BCUT2D eigenvalue weighted by Gasteiger charge is -2.13. The van der Waals surface area contributed by atoms with Gasteiger partial charge in [0.2, 0.25) is 0 Å². The zero-order valence-corrected chi connectivity index (χ0v) is 19.7. The van der Waals surface area contributed by atoms with Gasteiger partial charge in [0.25, 0.3) is 5.91 Å². The second-order valence-electron chi connectivity index (χ2n) is 9.41. The molecule has 1 saturated carbocycles. The summed E-state index contributed by atoms with van der Waals surface area (Å²) in [5.41, 5.74) is 13.5. The lowest BCUT2D eigenvalue weighted by Crippen LogP contribution is -2.12. The van der Waals surface area contributed by atoms with Gasteiger partial charge in [-0.25, -0.2) is 9.37 Å². The largest absolute Gasteiger partial charge is 0.488 e. The first-order valence-corrected chi connectivity index (χ1v) is 11.9. The molecular formula is C29H23FN4O2. The molecule has 2 aromatic carbocycles.